The van der Waals surface area contributed by atoms with Crippen LogP contribution in [0.25, 0.3) is 11.4 Å². The highest BCUT2D eigenvalue weighted by molar-refractivity contribution is 7.18. The van der Waals surface area contributed by atoms with Crippen molar-refractivity contribution >= 4 is 20.6 Å². The number of hydrogen-bond donors (Lipinski definition) is 2. The molecule has 0 amide bonds. The number of rotatable bonds is 6. The van der Waals surface area contributed by atoms with Crippen molar-refractivity contribution in [3.05, 3.63) is 53.8 Å². The number of aliphatic hydroxyl groups excluding tert-OH is 1. The molecule has 1 heterocycles. The Hall–Kier alpha value is -2.44. The fourth-order valence-corrected chi connectivity index (χ4v) is 2.59. The van der Waals surface area contributed by atoms with Gasteiger partial charge in [0.15, 0.2) is 0 Å². The summed E-state index contributed by atoms with van der Waals surface area (Å²) in [4.78, 5) is 1.24. The van der Waals surface area contributed by atoms with Gasteiger partial charge in [-0.25, -0.2) is 8.78 Å². The molecule has 0 saturated heterocycles. The third kappa shape index (κ3) is 4.03. The van der Waals surface area contributed by atoms with Gasteiger partial charge in [-0.1, -0.05) is 27.4 Å². The van der Waals surface area contributed by atoms with Crippen LogP contribution in [0.1, 0.15) is 12.5 Å². The Morgan fingerprint density at radius 2 is 1.96 bits per heavy atom. The van der Waals surface area contributed by atoms with Gasteiger partial charge in [-0.2, -0.15) is 4.80 Å². The molecule has 136 valence electrons. The summed E-state index contributed by atoms with van der Waals surface area (Å²) in [6.07, 6.45) is 0. The van der Waals surface area contributed by atoms with Gasteiger partial charge < -0.3 is 10.4 Å². The van der Waals surface area contributed by atoms with E-state index < -0.39 is 11.2 Å². The van der Waals surface area contributed by atoms with E-state index >= 15 is 0 Å². The summed E-state index contributed by atoms with van der Waals surface area (Å²) in [6.45, 7) is 1.51. The second kappa shape index (κ2) is 7.43. The topological polar surface area (TPSA) is 75.9 Å². The Bertz CT molecular complexity index is 893. The van der Waals surface area contributed by atoms with Crippen LogP contribution in [0.3, 0.4) is 0 Å². The van der Waals surface area contributed by atoms with E-state index in [9.17, 15) is 8.78 Å². The molecule has 0 saturated carbocycles. The van der Waals surface area contributed by atoms with Gasteiger partial charge in [0.2, 0.25) is 5.82 Å². The highest BCUT2D eigenvalue weighted by Crippen LogP contribution is 2.34. The number of para-hydroxylation sites is 1. The zero-order valence-electron chi connectivity index (χ0n) is 14.0. The smallest absolute Gasteiger partial charge is 0.207 e. The van der Waals surface area contributed by atoms with E-state index in [1.807, 2.05) is 0 Å². The molecule has 0 radical (unpaired) electrons. The van der Waals surface area contributed by atoms with Gasteiger partial charge in [0.1, 0.15) is 11.2 Å². The normalized spacial score (nSPS) is 13.4. The molecule has 3 rings (SSSR count). The molecule has 6 nitrogen and oxygen atoms in total. The molecule has 0 aliphatic heterocycles. The van der Waals surface area contributed by atoms with Crippen molar-refractivity contribution in [1.82, 2.24) is 20.2 Å². The predicted molar refractivity (Wildman–Crippen MR) is 98.2 cm³/mol. The first-order valence-corrected chi connectivity index (χ1v) is 8.49. The zero-order chi connectivity index (χ0) is 18.7. The van der Waals surface area contributed by atoms with E-state index in [1.54, 1.807) is 36.4 Å². The highest BCUT2D eigenvalue weighted by Gasteiger charge is 2.19. The largest absolute Gasteiger partial charge is 0.394 e. The van der Waals surface area contributed by atoms with Crippen LogP contribution >= 0.6 is 9.24 Å². The predicted octanol–water partition coefficient (Wildman–Crippen LogP) is 3.23. The maximum Gasteiger partial charge on any atom is 0.207 e. The molecule has 0 bridgehead atoms. The lowest BCUT2D eigenvalue weighted by molar-refractivity contribution is 0.259. The summed E-state index contributed by atoms with van der Waals surface area (Å²) in [5.74, 6) is -0.246. The first kappa shape index (κ1) is 18.4. The average molecular weight is 377 g/mol. The van der Waals surface area contributed by atoms with Crippen molar-refractivity contribution in [1.29, 1.82) is 0 Å². The quantitative estimate of drug-likeness (QED) is 0.645. The number of alkyl halides is 1. The van der Waals surface area contributed by atoms with Crippen LogP contribution in [0.2, 0.25) is 0 Å². The summed E-state index contributed by atoms with van der Waals surface area (Å²) >= 11 is 0. The summed E-state index contributed by atoms with van der Waals surface area (Å²) in [6, 6.07) is 11.1. The van der Waals surface area contributed by atoms with Crippen LogP contribution in [0, 0.1) is 5.82 Å². The molecular formula is C17H18F2N5OP. The van der Waals surface area contributed by atoms with Crippen LogP contribution in [0.5, 0.6) is 0 Å². The molecule has 2 unspecified atom stereocenters. The van der Waals surface area contributed by atoms with Crippen molar-refractivity contribution in [2.75, 3.05) is 11.9 Å². The molecular weight excluding hydrogens is 359 g/mol. The summed E-state index contributed by atoms with van der Waals surface area (Å²) < 4.78 is 28.3. The fourth-order valence-electron chi connectivity index (χ4n) is 2.40. The minimum Gasteiger partial charge on any atom is -0.394 e. The van der Waals surface area contributed by atoms with Crippen molar-refractivity contribution < 1.29 is 13.9 Å². The van der Waals surface area contributed by atoms with E-state index in [-0.39, 0.29) is 24.7 Å². The maximum atomic E-state index is 14.4. The minimum atomic E-state index is -1.53. The number of nitrogens with zero attached hydrogens (tertiary/aromatic N) is 4. The number of benzene rings is 2. The zero-order valence-corrected chi connectivity index (χ0v) is 15.2. The van der Waals surface area contributed by atoms with Crippen LogP contribution in [0.15, 0.2) is 42.5 Å². The molecule has 0 aliphatic rings. The highest BCUT2D eigenvalue weighted by atomic mass is 31.0. The molecule has 9 heteroatoms. The van der Waals surface area contributed by atoms with Crippen LogP contribution in [-0.4, -0.2) is 31.9 Å². The Kier molecular flexibility index (Phi) is 5.25. The van der Waals surface area contributed by atoms with Gasteiger partial charge in [-0.3, -0.25) is 0 Å². The van der Waals surface area contributed by atoms with Crippen molar-refractivity contribution in [3.8, 4) is 11.4 Å². The lowest BCUT2D eigenvalue weighted by atomic mass is 10.1. The Balaban J connectivity index is 1.92. The summed E-state index contributed by atoms with van der Waals surface area (Å²) in [5, 5.41) is 22.3. The van der Waals surface area contributed by atoms with Gasteiger partial charge in [0, 0.05) is 11.3 Å². The third-order valence-corrected chi connectivity index (χ3v) is 4.06. The summed E-state index contributed by atoms with van der Waals surface area (Å²) in [5.41, 5.74) is 1.71. The maximum absolute atomic E-state index is 14.4. The fraction of sp³-hybridized carbons (Fsp3) is 0.235. The summed E-state index contributed by atoms with van der Waals surface area (Å²) in [7, 11) is 2.13. The number of tetrazole rings is 1. The molecule has 2 N–H and O–H groups in total. The molecule has 3 aromatic rings. The Morgan fingerprint density at radius 3 is 2.62 bits per heavy atom. The van der Waals surface area contributed by atoms with E-state index in [4.69, 9.17) is 5.11 Å². The number of hydrogen-bond acceptors (Lipinski definition) is 5. The minimum absolute atomic E-state index is 0.125. The molecule has 2 atom stereocenters. The number of aliphatic hydroxyl groups is 1. The van der Waals surface area contributed by atoms with Crippen LogP contribution in [-0.2, 0) is 12.0 Å². The molecule has 0 spiro atoms. The molecule has 0 fully saturated rings. The van der Waals surface area contributed by atoms with Crippen molar-refractivity contribution in [2.45, 2.75) is 18.9 Å². The van der Waals surface area contributed by atoms with Gasteiger partial charge in [0.25, 0.3) is 0 Å². The Labute approximate surface area is 151 Å². The third-order valence-electron chi connectivity index (χ3n) is 3.73. The van der Waals surface area contributed by atoms with Crippen LogP contribution < -0.4 is 5.32 Å². The second-order valence-electron chi connectivity index (χ2n) is 5.87. The van der Waals surface area contributed by atoms with Crippen LogP contribution in [0.4, 0.5) is 20.2 Å². The van der Waals surface area contributed by atoms with E-state index in [2.05, 4.69) is 30.0 Å². The van der Waals surface area contributed by atoms with Gasteiger partial charge in [-0.05, 0) is 42.0 Å². The average Bonchev–Trinajstić information content (AvgIpc) is 3.05. The van der Waals surface area contributed by atoms with E-state index in [0.717, 1.165) is 0 Å². The Morgan fingerprint density at radius 1 is 1.23 bits per heavy atom. The first-order chi connectivity index (χ1) is 12.4. The monoisotopic (exact) mass is 377 g/mol. The number of nitrogens with one attached hydrogen (secondary N) is 1. The van der Waals surface area contributed by atoms with Gasteiger partial charge >= 0.3 is 0 Å². The SMILES string of the molecule is CC(F)(P)c1ccc(Nc2c(F)cccc2-c2nnn(CCO)n2)cc1. The van der Waals surface area contributed by atoms with Crippen molar-refractivity contribution in [3.63, 3.8) is 0 Å². The van der Waals surface area contributed by atoms with Gasteiger partial charge in [-0.15, -0.1) is 10.2 Å². The van der Waals surface area contributed by atoms with E-state index in [1.165, 1.54) is 17.8 Å². The standard InChI is InChI=1S/C17H18F2N5OP/c1-17(19,26)11-5-7-12(8-6-11)20-15-13(3-2-4-14(15)18)16-21-23-24(22-16)9-10-25/h2-8,20,25H,9-10,26H2,1H3. The first-order valence-electron chi connectivity index (χ1n) is 7.91. The molecule has 26 heavy (non-hydrogen) atoms. The molecule has 1 aromatic heterocycles. The van der Waals surface area contributed by atoms with Gasteiger partial charge in [0.05, 0.1) is 18.8 Å². The lowest BCUT2D eigenvalue weighted by Crippen LogP contribution is -2.06. The van der Waals surface area contributed by atoms with Crippen molar-refractivity contribution in [2.24, 2.45) is 0 Å². The number of anilines is 2. The molecule has 0 aliphatic carbocycles. The lowest BCUT2D eigenvalue weighted by Gasteiger charge is -2.16. The molecule has 2 aromatic carbocycles. The number of halogens is 2. The number of aromatic nitrogens is 4. The second-order valence-corrected chi connectivity index (χ2v) is 6.96. The van der Waals surface area contributed by atoms with E-state index in [0.29, 0.717) is 16.8 Å².